The highest BCUT2D eigenvalue weighted by Crippen LogP contribution is 2.33. The maximum absolute atomic E-state index is 5.79. The predicted molar refractivity (Wildman–Crippen MR) is 79.7 cm³/mol. The smallest absolute Gasteiger partial charge is 0.240 e. The zero-order chi connectivity index (χ0) is 14.1. The van der Waals surface area contributed by atoms with Crippen LogP contribution < -0.4 is 10.1 Å². The quantitative estimate of drug-likeness (QED) is 0.771. The van der Waals surface area contributed by atoms with Crippen molar-refractivity contribution in [3.05, 3.63) is 22.7 Å². The molecule has 20 heavy (non-hydrogen) atoms. The van der Waals surface area contributed by atoms with E-state index in [1.165, 1.54) is 4.88 Å². The van der Waals surface area contributed by atoms with Crippen molar-refractivity contribution in [1.82, 2.24) is 20.2 Å². The highest BCUT2D eigenvalue weighted by atomic mass is 32.1. The SMILES string of the molecule is CCNc1nc(Oc2cc(C)[nH]n2)c2cc(C)sc2n1. The number of anilines is 1. The van der Waals surface area contributed by atoms with Gasteiger partial charge in [-0.05, 0) is 26.8 Å². The van der Waals surface area contributed by atoms with Crippen LogP contribution in [0.1, 0.15) is 17.5 Å². The van der Waals surface area contributed by atoms with E-state index in [9.17, 15) is 0 Å². The highest BCUT2D eigenvalue weighted by Gasteiger charge is 2.13. The lowest BCUT2D eigenvalue weighted by Crippen LogP contribution is -2.02. The summed E-state index contributed by atoms with van der Waals surface area (Å²) in [5, 5.41) is 11.0. The summed E-state index contributed by atoms with van der Waals surface area (Å²) in [4.78, 5) is 11.0. The van der Waals surface area contributed by atoms with Crippen LogP contribution in [-0.4, -0.2) is 26.7 Å². The fraction of sp³-hybridized carbons (Fsp3) is 0.308. The Kier molecular flexibility index (Phi) is 3.27. The van der Waals surface area contributed by atoms with E-state index in [0.29, 0.717) is 17.7 Å². The molecular formula is C13H15N5OS. The van der Waals surface area contributed by atoms with Crippen molar-refractivity contribution >= 4 is 27.5 Å². The van der Waals surface area contributed by atoms with Gasteiger partial charge in [0.05, 0.1) is 5.39 Å². The molecule has 0 bridgehead atoms. The van der Waals surface area contributed by atoms with Crippen LogP contribution in [0, 0.1) is 13.8 Å². The third kappa shape index (κ3) is 2.44. The molecule has 0 atom stereocenters. The van der Waals surface area contributed by atoms with Gasteiger partial charge in [-0.2, -0.15) is 4.98 Å². The van der Waals surface area contributed by atoms with Gasteiger partial charge in [0.25, 0.3) is 0 Å². The molecule has 0 spiro atoms. The Morgan fingerprint density at radius 2 is 2.15 bits per heavy atom. The Balaban J connectivity index is 2.06. The number of aryl methyl sites for hydroxylation is 2. The van der Waals surface area contributed by atoms with Gasteiger partial charge in [-0.1, -0.05) is 0 Å². The number of hydrogen-bond acceptors (Lipinski definition) is 6. The molecule has 0 aromatic carbocycles. The van der Waals surface area contributed by atoms with Gasteiger partial charge in [-0.3, -0.25) is 5.10 Å². The van der Waals surface area contributed by atoms with Crippen molar-refractivity contribution in [3.8, 4) is 11.8 Å². The number of nitrogens with zero attached hydrogens (tertiary/aromatic N) is 3. The summed E-state index contributed by atoms with van der Waals surface area (Å²) in [5.74, 6) is 1.61. The summed E-state index contributed by atoms with van der Waals surface area (Å²) in [6.45, 7) is 6.73. The first kappa shape index (κ1) is 12.9. The van der Waals surface area contributed by atoms with E-state index in [4.69, 9.17) is 4.74 Å². The summed E-state index contributed by atoms with van der Waals surface area (Å²) in [6.07, 6.45) is 0. The minimum Gasteiger partial charge on any atom is -0.418 e. The second-order valence-electron chi connectivity index (χ2n) is 4.45. The molecule has 104 valence electrons. The third-order valence-corrected chi connectivity index (χ3v) is 3.64. The minimum atomic E-state index is 0.508. The molecule has 2 N–H and O–H groups in total. The molecule has 3 aromatic heterocycles. The molecule has 7 heteroatoms. The largest absolute Gasteiger partial charge is 0.418 e. The van der Waals surface area contributed by atoms with Gasteiger partial charge in [-0.25, -0.2) is 4.98 Å². The van der Waals surface area contributed by atoms with E-state index in [0.717, 1.165) is 22.5 Å². The van der Waals surface area contributed by atoms with Gasteiger partial charge >= 0.3 is 0 Å². The summed E-state index contributed by atoms with van der Waals surface area (Å²) < 4.78 is 5.79. The minimum absolute atomic E-state index is 0.508. The fourth-order valence-corrected chi connectivity index (χ4v) is 2.75. The van der Waals surface area contributed by atoms with Gasteiger partial charge in [0.1, 0.15) is 4.83 Å². The Morgan fingerprint density at radius 1 is 1.30 bits per heavy atom. The molecule has 0 amide bonds. The number of rotatable bonds is 4. The number of fused-ring (bicyclic) bond motifs is 1. The number of aromatic amines is 1. The van der Waals surface area contributed by atoms with Crippen molar-refractivity contribution < 1.29 is 4.74 Å². The number of hydrogen-bond donors (Lipinski definition) is 2. The molecule has 3 heterocycles. The molecule has 0 saturated carbocycles. The van der Waals surface area contributed by atoms with Crippen LogP contribution in [0.3, 0.4) is 0 Å². The van der Waals surface area contributed by atoms with Gasteiger partial charge in [0.2, 0.25) is 17.7 Å². The first-order valence-corrected chi connectivity index (χ1v) is 7.19. The molecule has 0 radical (unpaired) electrons. The van der Waals surface area contributed by atoms with Gasteiger partial charge in [0, 0.05) is 23.2 Å². The Hall–Kier alpha value is -2.15. The van der Waals surface area contributed by atoms with Crippen LogP contribution in [-0.2, 0) is 0 Å². The zero-order valence-corrected chi connectivity index (χ0v) is 12.3. The summed E-state index contributed by atoms with van der Waals surface area (Å²) in [7, 11) is 0. The number of aromatic nitrogens is 4. The van der Waals surface area contributed by atoms with Crippen molar-refractivity contribution in [3.63, 3.8) is 0 Å². The first-order valence-electron chi connectivity index (χ1n) is 6.37. The molecule has 3 aromatic rings. The second kappa shape index (κ2) is 5.09. The topological polar surface area (TPSA) is 75.7 Å². The van der Waals surface area contributed by atoms with Crippen LogP contribution in [0.5, 0.6) is 11.8 Å². The molecule has 0 aliphatic rings. The van der Waals surface area contributed by atoms with E-state index in [-0.39, 0.29) is 0 Å². The van der Waals surface area contributed by atoms with Crippen LogP contribution in [0.25, 0.3) is 10.2 Å². The van der Waals surface area contributed by atoms with Gasteiger partial charge < -0.3 is 10.1 Å². The van der Waals surface area contributed by atoms with Crippen molar-refractivity contribution in [1.29, 1.82) is 0 Å². The van der Waals surface area contributed by atoms with E-state index < -0.39 is 0 Å². The van der Waals surface area contributed by atoms with Crippen LogP contribution in [0.4, 0.5) is 5.95 Å². The Bertz CT molecular complexity index is 748. The number of ether oxygens (including phenoxy) is 1. The molecule has 6 nitrogen and oxygen atoms in total. The Labute approximate surface area is 120 Å². The third-order valence-electron chi connectivity index (χ3n) is 2.70. The molecule has 0 fully saturated rings. The van der Waals surface area contributed by atoms with Gasteiger partial charge in [0.15, 0.2) is 0 Å². The van der Waals surface area contributed by atoms with Crippen molar-refractivity contribution in [2.24, 2.45) is 0 Å². The monoisotopic (exact) mass is 289 g/mol. The van der Waals surface area contributed by atoms with Crippen LogP contribution in [0.2, 0.25) is 0 Å². The zero-order valence-electron chi connectivity index (χ0n) is 11.5. The summed E-state index contributed by atoms with van der Waals surface area (Å²) >= 11 is 1.62. The van der Waals surface area contributed by atoms with E-state index in [2.05, 4.69) is 25.5 Å². The lowest BCUT2D eigenvalue weighted by atomic mass is 10.3. The number of H-pyrrole nitrogens is 1. The van der Waals surface area contributed by atoms with Crippen LogP contribution >= 0.6 is 11.3 Å². The maximum Gasteiger partial charge on any atom is 0.240 e. The average Bonchev–Trinajstić information content (AvgIpc) is 2.95. The van der Waals surface area contributed by atoms with Gasteiger partial charge in [-0.15, -0.1) is 16.4 Å². The average molecular weight is 289 g/mol. The second-order valence-corrected chi connectivity index (χ2v) is 5.68. The van der Waals surface area contributed by atoms with Crippen molar-refractivity contribution in [2.75, 3.05) is 11.9 Å². The maximum atomic E-state index is 5.79. The van der Waals surface area contributed by atoms with E-state index in [1.807, 2.05) is 32.9 Å². The standard InChI is InChI=1S/C13H15N5OS/c1-4-14-13-15-11(19-10-5-7(2)17-18-10)9-6-8(3)20-12(9)16-13/h5-6H,4H2,1-3H3,(H,17,18)(H,14,15,16). The fourth-order valence-electron chi connectivity index (χ4n) is 1.88. The highest BCUT2D eigenvalue weighted by molar-refractivity contribution is 7.18. The lowest BCUT2D eigenvalue weighted by molar-refractivity contribution is 0.449. The summed E-state index contributed by atoms with van der Waals surface area (Å²) in [6, 6.07) is 3.87. The normalized spacial score (nSPS) is 10.9. The predicted octanol–water partition coefficient (Wildman–Crippen LogP) is 3.26. The lowest BCUT2D eigenvalue weighted by Gasteiger charge is -2.06. The number of nitrogens with one attached hydrogen (secondary N) is 2. The molecule has 0 aliphatic carbocycles. The van der Waals surface area contributed by atoms with Crippen LogP contribution in [0.15, 0.2) is 12.1 Å². The Morgan fingerprint density at radius 3 is 2.85 bits per heavy atom. The molecule has 0 aliphatic heterocycles. The van der Waals surface area contributed by atoms with E-state index >= 15 is 0 Å². The van der Waals surface area contributed by atoms with Crippen molar-refractivity contribution in [2.45, 2.75) is 20.8 Å². The molecule has 0 unspecified atom stereocenters. The van der Waals surface area contributed by atoms with E-state index in [1.54, 1.807) is 11.3 Å². The molecule has 3 rings (SSSR count). The molecule has 0 saturated heterocycles. The number of thiophene rings is 1. The first-order chi connectivity index (χ1) is 9.65. The summed E-state index contributed by atoms with van der Waals surface area (Å²) in [5.41, 5.74) is 0.943. The molecular weight excluding hydrogens is 274 g/mol.